The zero-order valence-corrected chi connectivity index (χ0v) is 20.7. The fourth-order valence-electron chi connectivity index (χ4n) is 2.00. The highest BCUT2D eigenvalue weighted by atomic mass is 127. The van der Waals surface area contributed by atoms with Gasteiger partial charge in [0.25, 0.3) is 0 Å². The van der Waals surface area contributed by atoms with Crippen molar-refractivity contribution in [2.24, 2.45) is 0 Å². The van der Waals surface area contributed by atoms with Crippen molar-refractivity contribution in [1.82, 2.24) is 0 Å². The lowest BCUT2D eigenvalue weighted by Crippen LogP contribution is -2.38. The Hall–Kier alpha value is 1.29. The van der Waals surface area contributed by atoms with Gasteiger partial charge in [0, 0.05) is 9.75 Å². The third kappa shape index (κ3) is 3.79. The van der Waals surface area contributed by atoms with Gasteiger partial charge in [0.15, 0.2) is 0 Å². The van der Waals surface area contributed by atoms with Crippen LogP contribution in [0.2, 0.25) is 39.3 Å². The summed E-state index contributed by atoms with van der Waals surface area (Å²) in [4.78, 5) is 2.94. The first-order valence-corrected chi connectivity index (χ1v) is 17.4. The van der Waals surface area contributed by atoms with Gasteiger partial charge in [-0.15, -0.1) is 22.7 Å². The second-order valence-electron chi connectivity index (χ2n) is 7.10. The molecule has 0 spiro atoms. The Morgan fingerprint density at radius 1 is 0.700 bits per heavy atom. The van der Waals surface area contributed by atoms with Gasteiger partial charge in [0.05, 0.1) is 21.9 Å². The highest BCUT2D eigenvalue weighted by molar-refractivity contribution is 14.1. The van der Waals surface area contributed by atoms with E-state index in [0.29, 0.717) is 0 Å². The van der Waals surface area contributed by atoms with Crippen molar-refractivity contribution in [1.29, 1.82) is 0 Å². The van der Waals surface area contributed by atoms with Crippen molar-refractivity contribution in [2.45, 2.75) is 39.3 Å². The second kappa shape index (κ2) is 6.06. The van der Waals surface area contributed by atoms with Crippen LogP contribution in [-0.2, 0) is 0 Å². The minimum absolute atomic E-state index is 1.22. The normalized spacial score (nSPS) is 13.0. The van der Waals surface area contributed by atoms with Crippen molar-refractivity contribution >= 4 is 94.4 Å². The summed E-state index contributed by atoms with van der Waals surface area (Å²) < 4.78 is 2.99. The maximum absolute atomic E-state index is 2.53. The van der Waals surface area contributed by atoms with Gasteiger partial charge in [-0.2, -0.15) is 0 Å². The molecule has 0 fully saturated rings. The molecule has 0 unspecified atom stereocenters. The molecule has 0 nitrogen and oxygen atoms in total. The van der Waals surface area contributed by atoms with E-state index in [2.05, 4.69) is 96.6 Å². The van der Waals surface area contributed by atoms with Crippen molar-refractivity contribution in [3.05, 3.63) is 17.9 Å². The smallest absolute Gasteiger partial charge is 0.0801 e. The van der Waals surface area contributed by atoms with Gasteiger partial charge in [-0.1, -0.05) is 39.3 Å². The molecule has 0 aromatic carbocycles. The summed E-state index contributed by atoms with van der Waals surface area (Å²) in [6, 6.07) is 4.93. The number of rotatable bonds is 3. The van der Waals surface area contributed by atoms with E-state index in [4.69, 9.17) is 0 Å². The van der Waals surface area contributed by atoms with E-state index in [1.54, 1.807) is 10.4 Å². The molecule has 2 rings (SSSR count). The third-order valence-electron chi connectivity index (χ3n) is 3.23. The molecule has 0 aliphatic rings. The van der Waals surface area contributed by atoms with Gasteiger partial charge in [-0.05, 0) is 67.7 Å². The summed E-state index contributed by atoms with van der Waals surface area (Å²) in [7, 11) is -2.44. The van der Waals surface area contributed by atoms with E-state index >= 15 is 0 Å². The maximum Gasteiger partial charge on any atom is 0.0801 e. The standard InChI is InChI=1S/C14H20I2S2Si2/c1-19(2,3)11-7-9(17-13(11)15)10-8-12(14(16)18-10)20(4,5)6/h7-8H,1-6H3. The summed E-state index contributed by atoms with van der Waals surface area (Å²) in [5, 5.41) is 3.24. The van der Waals surface area contributed by atoms with Gasteiger partial charge >= 0.3 is 0 Å². The third-order valence-corrected chi connectivity index (χ3v) is 13.2. The number of thiophene rings is 2. The van der Waals surface area contributed by atoms with Crippen molar-refractivity contribution < 1.29 is 0 Å². The zero-order valence-electron chi connectivity index (χ0n) is 12.7. The summed E-state index contributed by atoms with van der Waals surface area (Å²) in [6.45, 7) is 14.6. The topological polar surface area (TPSA) is 0 Å². The quantitative estimate of drug-likeness (QED) is 0.329. The Bertz CT molecular complexity index is 574. The molecule has 0 saturated carbocycles. The van der Waals surface area contributed by atoms with Crippen LogP contribution >= 0.6 is 67.9 Å². The molecule has 0 aliphatic heterocycles. The van der Waals surface area contributed by atoms with Gasteiger partial charge in [-0.25, -0.2) is 0 Å². The molecule has 2 heterocycles. The summed E-state index contributed by atoms with van der Waals surface area (Å²) in [6.07, 6.45) is 0. The SMILES string of the molecule is C[Si](C)(C)c1cc(-c2cc([Si](C)(C)C)c(I)s2)sc1I. The maximum atomic E-state index is 2.53. The van der Waals surface area contributed by atoms with Crippen LogP contribution < -0.4 is 10.4 Å². The molecule has 0 saturated heterocycles. The van der Waals surface area contributed by atoms with Gasteiger partial charge in [0.1, 0.15) is 0 Å². The Morgan fingerprint density at radius 3 is 1.20 bits per heavy atom. The van der Waals surface area contributed by atoms with Crippen LogP contribution in [0.15, 0.2) is 12.1 Å². The van der Waals surface area contributed by atoms with Gasteiger partial charge in [0.2, 0.25) is 0 Å². The van der Waals surface area contributed by atoms with Crippen LogP contribution in [0.3, 0.4) is 0 Å². The molecule has 6 heteroatoms. The lowest BCUT2D eigenvalue weighted by molar-refractivity contribution is 1.74. The first-order chi connectivity index (χ1) is 9.00. The van der Waals surface area contributed by atoms with Crippen molar-refractivity contribution in [2.75, 3.05) is 0 Å². The fourth-order valence-corrected chi connectivity index (χ4v) is 14.9. The van der Waals surface area contributed by atoms with E-state index in [9.17, 15) is 0 Å². The Morgan fingerprint density at radius 2 is 1.00 bits per heavy atom. The van der Waals surface area contributed by atoms with Gasteiger partial charge in [-0.3, -0.25) is 0 Å². The molecule has 0 aliphatic carbocycles. The van der Waals surface area contributed by atoms with E-state index in [0.717, 1.165) is 0 Å². The Balaban J connectivity index is 2.49. The van der Waals surface area contributed by atoms with E-state index < -0.39 is 16.1 Å². The van der Waals surface area contributed by atoms with Crippen LogP contribution in [0.1, 0.15) is 0 Å². The lowest BCUT2D eigenvalue weighted by atomic mass is 10.4. The van der Waals surface area contributed by atoms with Crippen LogP contribution in [0.5, 0.6) is 0 Å². The minimum atomic E-state index is -1.22. The molecule has 20 heavy (non-hydrogen) atoms. The van der Waals surface area contributed by atoms with E-state index in [1.165, 1.54) is 15.5 Å². The van der Waals surface area contributed by atoms with E-state index in [-0.39, 0.29) is 0 Å². The zero-order chi connectivity index (χ0) is 15.3. The summed E-state index contributed by atoms with van der Waals surface area (Å²) in [5.74, 6) is 0. The van der Waals surface area contributed by atoms with E-state index in [1.807, 2.05) is 22.7 Å². The first kappa shape index (κ1) is 17.6. The average molecular weight is 562 g/mol. The van der Waals surface area contributed by atoms with Crippen LogP contribution in [0.4, 0.5) is 0 Å². The molecule has 2 aromatic heterocycles. The highest BCUT2D eigenvalue weighted by Gasteiger charge is 2.25. The monoisotopic (exact) mass is 562 g/mol. The first-order valence-electron chi connectivity index (χ1n) is 6.60. The highest BCUT2D eigenvalue weighted by Crippen LogP contribution is 2.35. The minimum Gasteiger partial charge on any atom is -0.128 e. The number of hydrogen-bond donors (Lipinski definition) is 0. The molecule has 2 aromatic rings. The molecular weight excluding hydrogens is 542 g/mol. The average Bonchev–Trinajstić information content (AvgIpc) is 2.79. The van der Waals surface area contributed by atoms with Crippen LogP contribution in [-0.4, -0.2) is 16.1 Å². The molecular formula is C14H20I2S2Si2. The lowest BCUT2D eigenvalue weighted by Gasteiger charge is -2.14. The van der Waals surface area contributed by atoms with Crippen LogP contribution in [0.25, 0.3) is 9.75 Å². The fraction of sp³-hybridized carbons (Fsp3) is 0.429. The van der Waals surface area contributed by atoms with Crippen molar-refractivity contribution in [3.63, 3.8) is 0 Å². The molecule has 0 radical (unpaired) electrons. The molecule has 0 amide bonds. The predicted molar refractivity (Wildman–Crippen MR) is 119 cm³/mol. The number of halogens is 2. The van der Waals surface area contributed by atoms with Crippen molar-refractivity contribution in [3.8, 4) is 9.75 Å². The summed E-state index contributed by atoms with van der Waals surface area (Å²) in [5.41, 5.74) is 0. The summed E-state index contributed by atoms with van der Waals surface area (Å²) >= 11 is 9.00. The van der Waals surface area contributed by atoms with Crippen LogP contribution in [0, 0.1) is 5.77 Å². The molecule has 110 valence electrons. The molecule has 0 atom stereocenters. The largest absolute Gasteiger partial charge is 0.128 e. The number of hydrogen-bond acceptors (Lipinski definition) is 2. The van der Waals surface area contributed by atoms with Gasteiger partial charge < -0.3 is 0 Å². The Kier molecular flexibility index (Phi) is 5.35. The molecule has 0 bridgehead atoms. The second-order valence-corrected chi connectivity index (χ2v) is 22.9. The molecule has 0 N–H and O–H groups in total. The Labute approximate surface area is 159 Å². The predicted octanol–water partition coefficient (Wildman–Crippen LogP) is 5.78.